The summed E-state index contributed by atoms with van der Waals surface area (Å²) in [7, 11) is 0. The molecular formula is C14H13ClN4O2S. The van der Waals surface area contributed by atoms with E-state index in [1.807, 2.05) is 12.1 Å². The topological polar surface area (TPSA) is 77.0 Å². The summed E-state index contributed by atoms with van der Waals surface area (Å²) in [6.07, 6.45) is 0.993. The van der Waals surface area contributed by atoms with Crippen molar-refractivity contribution in [2.24, 2.45) is 0 Å². The summed E-state index contributed by atoms with van der Waals surface area (Å²) >= 11 is 7.22. The average molecular weight is 337 g/mol. The Morgan fingerprint density at radius 1 is 1.27 bits per heavy atom. The van der Waals surface area contributed by atoms with Gasteiger partial charge in [-0.05, 0) is 40.3 Å². The Bertz CT molecular complexity index is 715. The van der Waals surface area contributed by atoms with E-state index in [0.717, 1.165) is 11.3 Å². The molecule has 1 aromatic carbocycles. The van der Waals surface area contributed by atoms with Crippen molar-refractivity contribution >= 4 is 23.4 Å². The van der Waals surface area contributed by atoms with Crippen molar-refractivity contribution in [2.45, 2.75) is 17.8 Å². The predicted octanol–water partition coefficient (Wildman–Crippen LogP) is 2.79. The van der Waals surface area contributed by atoms with Crippen LogP contribution in [0, 0.1) is 0 Å². The van der Waals surface area contributed by atoms with Crippen LogP contribution in [0.3, 0.4) is 0 Å². The molecule has 6 nitrogen and oxygen atoms in total. The molecule has 3 aromatic rings. The van der Waals surface area contributed by atoms with Crippen molar-refractivity contribution in [1.29, 1.82) is 0 Å². The first-order valence-electron chi connectivity index (χ1n) is 6.57. The molecule has 0 fully saturated rings. The summed E-state index contributed by atoms with van der Waals surface area (Å²) in [5.74, 6) is 1.22. The summed E-state index contributed by atoms with van der Waals surface area (Å²) in [4.78, 5) is 0. The zero-order valence-electron chi connectivity index (χ0n) is 11.5. The van der Waals surface area contributed by atoms with Gasteiger partial charge in [0.1, 0.15) is 12.3 Å². The van der Waals surface area contributed by atoms with E-state index < -0.39 is 6.10 Å². The van der Waals surface area contributed by atoms with Crippen molar-refractivity contribution < 1.29 is 9.52 Å². The van der Waals surface area contributed by atoms with Crippen LogP contribution >= 0.6 is 23.4 Å². The highest BCUT2D eigenvalue weighted by atomic mass is 35.5. The van der Waals surface area contributed by atoms with Gasteiger partial charge in [-0.1, -0.05) is 35.5 Å². The normalized spacial score (nSPS) is 12.5. The van der Waals surface area contributed by atoms with Gasteiger partial charge in [-0.15, -0.1) is 5.10 Å². The van der Waals surface area contributed by atoms with E-state index in [9.17, 15) is 5.11 Å². The van der Waals surface area contributed by atoms with E-state index in [0.29, 0.717) is 22.5 Å². The first-order valence-corrected chi connectivity index (χ1v) is 7.93. The number of nitrogens with zero attached hydrogens (tertiary/aromatic N) is 4. The number of halogens is 1. The van der Waals surface area contributed by atoms with Crippen LogP contribution < -0.4 is 0 Å². The molecule has 0 saturated carbocycles. The first kappa shape index (κ1) is 15.1. The lowest BCUT2D eigenvalue weighted by Crippen LogP contribution is -2.05. The van der Waals surface area contributed by atoms with E-state index in [1.54, 1.807) is 35.2 Å². The van der Waals surface area contributed by atoms with E-state index in [4.69, 9.17) is 16.0 Å². The van der Waals surface area contributed by atoms with Crippen LogP contribution in [0.1, 0.15) is 17.4 Å². The van der Waals surface area contributed by atoms with Crippen molar-refractivity contribution in [3.8, 4) is 0 Å². The smallest absolute Gasteiger partial charge is 0.209 e. The third-order valence-corrected chi connectivity index (χ3v) is 4.29. The first-order chi connectivity index (χ1) is 10.7. The molecule has 0 radical (unpaired) electrons. The van der Waals surface area contributed by atoms with E-state index in [1.165, 1.54) is 11.8 Å². The lowest BCUT2D eigenvalue weighted by molar-refractivity contribution is 0.204. The minimum absolute atomic E-state index is 0.445. The molecule has 0 spiro atoms. The zero-order chi connectivity index (χ0) is 15.4. The zero-order valence-corrected chi connectivity index (χ0v) is 13.0. The van der Waals surface area contributed by atoms with Gasteiger partial charge in [0.2, 0.25) is 5.16 Å². The van der Waals surface area contributed by atoms with Gasteiger partial charge in [0, 0.05) is 10.8 Å². The van der Waals surface area contributed by atoms with Gasteiger partial charge >= 0.3 is 0 Å². The molecule has 1 atom stereocenters. The molecule has 2 heterocycles. The molecule has 1 N–H and O–H groups in total. The molecule has 0 amide bonds. The van der Waals surface area contributed by atoms with Crippen LogP contribution in [0.4, 0.5) is 0 Å². The maximum atomic E-state index is 10.2. The second kappa shape index (κ2) is 6.95. The van der Waals surface area contributed by atoms with Crippen molar-refractivity contribution in [3.63, 3.8) is 0 Å². The fourth-order valence-electron chi connectivity index (χ4n) is 1.88. The number of benzene rings is 1. The van der Waals surface area contributed by atoms with Crippen LogP contribution in [0.15, 0.2) is 52.2 Å². The average Bonchev–Trinajstić information content (AvgIpc) is 3.18. The van der Waals surface area contributed by atoms with Gasteiger partial charge in [0.15, 0.2) is 0 Å². The molecule has 114 valence electrons. The summed E-state index contributed by atoms with van der Waals surface area (Å²) < 4.78 is 6.92. The molecule has 22 heavy (non-hydrogen) atoms. The molecule has 0 aliphatic carbocycles. The molecule has 3 rings (SSSR count). The SMILES string of the molecule is OC(CSc1nnnn1Cc1ccco1)c1ccc(Cl)cc1. The summed E-state index contributed by atoms with van der Waals surface area (Å²) in [5, 5.41) is 23.0. The Morgan fingerprint density at radius 3 is 2.82 bits per heavy atom. The summed E-state index contributed by atoms with van der Waals surface area (Å²) in [6.45, 7) is 0.458. The maximum Gasteiger partial charge on any atom is 0.209 e. The second-order valence-corrected chi connectivity index (χ2v) is 6.00. The van der Waals surface area contributed by atoms with Crippen LogP contribution in [0.2, 0.25) is 5.02 Å². The molecule has 0 bridgehead atoms. The highest BCUT2D eigenvalue weighted by Gasteiger charge is 2.13. The number of rotatable bonds is 6. The largest absolute Gasteiger partial charge is 0.467 e. The summed E-state index contributed by atoms with van der Waals surface area (Å²) in [6, 6.07) is 10.8. The van der Waals surface area contributed by atoms with Crippen LogP contribution in [-0.4, -0.2) is 31.1 Å². The monoisotopic (exact) mass is 336 g/mol. The molecule has 8 heteroatoms. The van der Waals surface area contributed by atoms with Gasteiger partial charge in [-0.25, -0.2) is 4.68 Å². The highest BCUT2D eigenvalue weighted by molar-refractivity contribution is 7.99. The Balaban J connectivity index is 1.62. The van der Waals surface area contributed by atoms with Gasteiger partial charge < -0.3 is 9.52 Å². The van der Waals surface area contributed by atoms with Crippen molar-refractivity contribution in [3.05, 3.63) is 59.0 Å². The maximum absolute atomic E-state index is 10.2. The number of hydrogen-bond acceptors (Lipinski definition) is 6. The molecular weight excluding hydrogens is 324 g/mol. The van der Waals surface area contributed by atoms with E-state index in [2.05, 4.69) is 15.5 Å². The Hall–Kier alpha value is -1.83. The van der Waals surface area contributed by atoms with Crippen LogP contribution in [0.25, 0.3) is 0 Å². The number of thioether (sulfide) groups is 1. The van der Waals surface area contributed by atoms with Gasteiger partial charge in [-0.2, -0.15) is 0 Å². The Labute approximate surface area is 136 Å². The minimum Gasteiger partial charge on any atom is -0.467 e. The van der Waals surface area contributed by atoms with E-state index >= 15 is 0 Å². The third kappa shape index (κ3) is 3.68. The van der Waals surface area contributed by atoms with Gasteiger partial charge in [-0.3, -0.25) is 0 Å². The standard InChI is InChI=1S/C14H13ClN4O2S/c15-11-5-3-10(4-6-11)13(20)9-22-14-16-17-18-19(14)8-12-2-1-7-21-12/h1-7,13,20H,8-9H2. The summed E-state index contributed by atoms with van der Waals surface area (Å²) in [5.41, 5.74) is 0.807. The third-order valence-electron chi connectivity index (χ3n) is 3.01. The van der Waals surface area contributed by atoms with Gasteiger partial charge in [0.25, 0.3) is 0 Å². The fourth-order valence-corrected chi connectivity index (χ4v) is 2.85. The second-order valence-electron chi connectivity index (χ2n) is 4.58. The van der Waals surface area contributed by atoms with Crippen molar-refractivity contribution in [2.75, 3.05) is 5.75 Å². The molecule has 1 unspecified atom stereocenters. The highest BCUT2D eigenvalue weighted by Crippen LogP contribution is 2.24. The quantitative estimate of drug-likeness (QED) is 0.697. The Kier molecular flexibility index (Phi) is 4.77. The molecule has 2 aromatic heterocycles. The lowest BCUT2D eigenvalue weighted by Gasteiger charge is -2.10. The Morgan fingerprint density at radius 2 is 2.09 bits per heavy atom. The lowest BCUT2D eigenvalue weighted by atomic mass is 10.1. The van der Waals surface area contributed by atoms with E-state index in [-0.39, 0.29) is 0 Å². The predicted molar refractivity (Wildman–Crippen MR) is 82.8 cm³/mol. The van der Waals surface area contributed by atoms with Crippen molar-refractivity contribution in [1.82, 2.24) is 20.2 Å². The van der Waals surface area contributed by atoms with Crippen LogP contribution in [-0.2, 0) is 6.54 Å². The molecule has 0 saturated heterocycles. The number of aliphatic hydroxyl groups excluding tert-OH is 1. The van der Waals surface area contributed by atoms with Gasteiger partial charge in [0.05, 0.1) is 12.4 Å². The molecule has 0 aliphatic rings. The number of aromatic nitrogens is 4. The number of hydrogen-bond donors (Lipinski definition) is 1. The number of aliphatic hydroxyl groups is 1. The molecule has 0 aliphatic heterocycles. The minimum atomic E-state index is -0.615. The number of furan rings is 1. The van der Waals surface area contributed by atoms with Crippen LogP contribution in [0.5, 0.6) is 0 Å². The number of tetrazole rings is 1. The fraction of sp³-hybridized carbons (Fsp3) is 0.214.